The minimum Gasteiger partial charge on any atom is -0.479 e. The quantitative estimate of drug-likeness (QED) is 0.859. The van der Waals surface area contributed by atoms with Crippen molar-refractivity contribution in [3.8, 4) is 0 Å². The van der Waals surface area contributed by atoms with Crippen LogP contribution < -0.4 is 5.32 Å². The fourth-order valence-corrected chi connectivity index (χ4v) is 1.65. The minimum atomic E-state index is -1.18. The zero-order valence-corrected chi connectivity index (χ0v) is 11.5. The topological polar surface area (TPSA) is 86.7 Å². The number of benzene rings is 1. The van der Waals surface area contributed by atoms with Crippen LogP contribution in [0.4, 0.5) is 4.79 Å². The summed E-state index contributed by atoms with van der Waals surface area (Å²) in [5.41, 5.74) is 0.449. The highest BCUT2D eigenvalue weighted by molar-refractivity contribution is 5.95. The molecule has 1 unspecified atom stereocenters. The Kier molecular flexibility index (Phi) is 5.71. The molecular formula is C14H18N2O4. The van der Waals surface area contributed by atoms with E-state index in [0.717, 1.165) is 4.90 Å². The van der Waals surface area contributed by atoms with Crippen LogP contribution in [-0.4, -0.2) is 35.0 Å². The van der Waals surface area contributed by atoms with Crippen molar-refractivity contribution >= 4 is 17.9 Å². The van der Waals surface area contributed by atoms with Crippen LogP contribution in [0.1, 0.15) is 31.4 Å². The Balaban J connectivity index is 2.79. The molecule has 0 fully saturated rings. The molecule has 1 atom stereocenters. The van der Waals surface area contributed by atoms with E-state index in [0.29, 0.717) is 12.0 Å². The van der Waals surface area contributed by atoms with Gasteiger partial charge in [0.2, 0.25) is 5.91 Å². The molecule has 2 N–H and O–H groups in total. The second-order valence-corrected chi connectivity index (χ2v) is 4.33. The summed E-state index contributed by atoms with van der Waals surface area (Å²) in [6, 6.07) is 6.42. The molecule has 20 heavy (non-hydrogen) atoms. The third-order valence-electron chi connectivity index (χ3n) is 2.79. The van der Waals surface area contributed by atoms with Gasteiger partial charge in [0, 0.05) is 13.5 Å². The van der Waals surface area contributed by atoms with Crippen LogP contribution in [0.25, 0.3) is 0 Å². The van der Waals surface area contributed by atoms with Gasteiger partial charge in [-0.2, -0.15) is 0 Å². The van der Waals surface area contributed by atoms with Crippen molar-refractivity contribution < 1.29 is 19.5 Å². The molecule has 1 aromatic carbocycles. The van der Waals surface area contributed by atoms with Gasteiger partial charge in [0.25, 0.3) is 0 Å². The molecule has 0 radical (unpaired) electrons. The number of carboxylic acid groups (broad SMARTS) is 1. The van der Waals surface area contributed by atoms with Gasteiger partial charge in [0.1, 0.15) is 0 Å². The van der Waals surface area contributed by atoms with Gasteiger partial charge in [0.15, 0.2) is 6.04 Å². The second kappa shape index (κ2) is 7.28. The first-order valence-corrected chi connectivity index (χ1v) is 6.32. The van der Waals surface area contributed by atoms with Crippen molar-refractivity contribution in [2.45, 2.75) is 25.8 Å². The van der Waals surface area contributed by atoms with E-state index in [1.54, 1.807) is 30.3 Å². The number of hydrogen-bond donors (Lipinski definition) is 2. The molecule has 0 saturated heterocycles. The van der Waals surface area contributed by atoms with Crippen molar-refractivity contribution in [3.63, 3.8) is 0 Å². The lowest BCUT2D eigenvalue weighted by molar-refractivity contribution is -0.139. The van der Waals surface area contributed by atoms with Crippen LogP contribution in [0.2, 0.25) is 0 Å². The number of urea groups is 1. The number of amides is 3. The third kappa shape index (κ3) is 4.08. The number of nitrogens with one attached hydrogen (secondary N) is 1. The smallest absolute Gasteiger partial charge is 0.330 e. The zero-order valence-electron chi connectivity index (χ0n) is 11.5. The molecule has 0 aliphatic heterocycles. The average Bonchev–Trinajstić information content (AvgIpc) is 2.44. The Morgan fingerprint density at radius 2 is 1.85 bits per heavy atom. The van der Waals surface area contributed by atoms with Crippen LogP contribution in [0.15, 0.2) is 30.3 Å². The predicted octanol–water partition coefficient (Wildman–Crippen LogP) is 1.78. The maximum atomic E-state index is 11.9. The number of aliphatic carboxylic acids is 1. The van der Waals surface area contributed by atoms with Crippen LogP contribution in [0, 0.1) is 0 Å². The standard InChI is InChI=1S/C14H18N2O4/c1-3-7-11(17)16(2)14(20)15-12(13(18)19)10-8-5-4-6-9-10/h4-6,8-9,12H,3,7H2,1-2H3,(H,15,20)(H,18,19). The summed E-state index contributed by atoms with van der Waals surface area (Å²) in [5, 5.41) is 11.5. The van der Waals surface area contributed by atoms with Gasteiger partial charge in [-0.25, -0.2) is 9.59 Å². The van der Waals surface area contributed by atoms with Crippen LogP contribution in [0.5, 0.6) is 0 Å². The molecule has 1 aromatic rings. The van der Waals surface area contributed by atoms with E-state index in [9.17, 15) is 19.5 Å². The largest absolute Gasteiger partial charge is 0.479 e. The summed E-state index contributed by atoms with van der Waals surface area (Å²) in [6.45, 7) is 1.83. The summed E-state index contributed by atoms with van der Waals surface area (Å²) in [6.07, 6.45) is 0.866. The first kappa shape index (κ1) is 15.7. The van der Waals surface area contributed by atoms with E-state index in [-0.39, 0.29) is 12.3 Å². The molecule has 1 rings (SSSR count). The summed E-state index contributed by atoms with van der Waals surface area (Å²) in [5.74, 6) is -1.52. The lowest BCUT2D eigenvalue weighted by atomic mass is 10.1. The summed E-state index contributed by atoms with van der Waals surface area (Å²) in [7, 11) is 1.33. The number of nitrogens with zero attached hydrogens (tertiary/aromatic N) is 1. The highest BCUT2D eigenvalue weighted by atomic mass is 16.4. The zero-order chi connectivity index (χ0) is 15.1. The number of carbonyl (C=O) groups excluding carboxylic acids is 2. The molecule has 0 aliphatic rings. The van der Waals surface area contributed by atoms with Gasteiger partial charge < -0.3 is 10.4 Å². The van der Waals surface area contributed by atoms with Gasteiger partial charge in [-0.1, -0.05) is 37.3 Å². The van der Waals surface area contributed by atoms with Gasteiger partial charge >= 0.3 is 12.0 Å². The summed E-state index contributed by atoms with van der Waals surface area (Å²) < 4.78 is 0. The number of rotatable bonds is 5. The fourth-order valence-electron chi connectivity index (χ4n) is 1.65. The van der Waals surface area contributed by atoms with E-state index in [1.165, 1.54) is 7.05 Å². The first-order valence-electron chi connectivity index (χ1n) is 6.32. The number of imide groups is 1. The lowest BCUT2D eigenvalue weighted by Gasteiger charge is -2.20. The molecule has 0 aliphatic carbocycles. The summed E-state index contributed by atoms with van der Waals surface area (Å²) in [4.78, 5) is 35.6. The van der Waals surface area contributed by atoms with E-state index < -0.39 is 18.0 Å². The van der Waals surface area contributed by atoms with Crippen molar-refractivity contribution in [1.82, 2.24) is 10.2 Å². The molecule has 6 heteroatoms. The van der Waals surface area contributed by atoms with Crippen molar-refractivity contribution in [3.05, 3.63) is 35.9 Å². The van der Waals surface area contributed by atoms with Gasteiger partial charge in [-0.15, -0.1) is 0 Å². The van der Waals surface area contributed by atoms with E-state index in [2.05, 4.69) is 5.32 Å². The molecule has 6 nitrogen and oxygen atoms in total. The SMILES string of the molecule is CCCC(=O)N(C)C(=O)NC(C(=O)O)c1ccccc1. The van der Waals surface area contributed by atoms with E-state index in [1.807, 2.05) is 6.92 Å². The van der Waals surface area contributed by atoms with Crippen LogP contribution in [-0.2, 0) is 9.59 Å². The van der Waals surface area contributed by atoms with Crippen LogP contribution >= 0.6 is 0 Å². The minimum absolute atomic E-state index is 0.243. The molecule has 0 saturated carbocycles. The third-order valence-corrected chi connectivity index (χ3v) is 2.79. The molecule has 3 amide bonds. The maximum absolute atomic E-state index is 11.9. The van der Waals surface area contributed by atoms with Gasteiger partial charge in [-0.3, -0.25) is 9.69 Å². The highest BCUT2D eigenvalue weighted by Crippen LogP contribution is 2.13. The predicted molar refractivity (Wildman–Crippen MR) is 73.0 cm³/mol. The molecule has 0 aromatic heterocycles. The number of carbonyl (C=O) groups is 3. The van der Waals surface area contributed by atoms with E-state index >= 15 is 0 Å². The number of carboxylic acids is 1. The van der Waals surface area contributed by atoms with E-state index in [4.69, 9.17) is 0 Å². The van der Waals surface area contributed by atoms with Crippen molar-refractivity contribution in [1.29, 1.82) is 0 Å². The van der Waals surface area contributed by atoms with Gasteiger partial charge in [0.05, 0.1) is 0 Å². The molecule has 0 spiro atoms. The maximum Gasteiger partial charge on any atom is 0.330 e. The lowest BCUT2D eigenvalue weighted by Crippen LogP contribution is -2.44. The van der Waals surface area contributed by atoms with Crippen molar-refractivity contribution in [2.24, 2.45) is 0 Å². The molecule has 0 heterocycles. The Bertz CT molecular complexity index is 487. The molecular weight excluding hydrogens is 260 g/mol. The van der Waals surface area contributed by atoms with Gasteiger partial charge in [-0.05, 0) is 12.0 Å². The molecule has 108 valence electrons. The monoisotopic (exact) mass is 278 g/mol. The van der Waals surface area contributed by atoms with Crippen LogP contribution in [0.3, 0.4) is 0 Å². The Labute approximate surface area is 117 Å². The Morgan fingerprint density at radius 1 is 1.25 bits per heavy atom. The normalized spacial score (nSPS) is 11.5. The average molecular weight is 278 g/mol. The first-order chi connectivity index (χ1) is 9.47. The second-order valence-electron chi connectivity index (χ2n) is 4.33. The fraction of sp³-hybridized carbons (Fsp3) is 0.357. The Hall–Kier alpha value is -2.37. The van der Waals surface area contributed by atoms with Crippen molar-refractivity contribution in [2.75, 3.05) is 7.05 Å². The highest BCUT2D eigenvalue weighted by Gasteiger charge is 2.25. The summed E-state index contributed by atoms with van der Waals surface area (Å²) >= 11 is 0. The molecule has 0 bridgehead atoms. The number of hydrogen-bond acceptors (Lipinski definition) is 3. The Morgan fingerprint density at radius 3 is 2.35 bits per heavy atom.